The SMILES string of the molecule is CC(C)(C)P(=NC(=S)N1CCCC1)(N1CCOCC1)N1CCOCC1. The topological polar surface area (TPSA) is 40.5 Å². The van der Waals surface area contributed by atoms with E-state index in [4.69, 9.17) is 26.4 Å². The van der Waals surface area contributed by atoms with E-state index in [0.717, 1.165) is 70.8 Å². The van der Waals surface area contributed by atoms with Crippen LogP contribution in [0.1, 0.15) is 33.6 Å². The zero-order chi connectivity index (χ0) is 17.9. The number of nitrogens with zero attached hydrogens (tertiary/aromatic N) is 4. The van der Waals surface area contributed by atoms with E-state index in [1.807, 2.05) is 0 Å². The van der Waals surface area contributed by atoms with Gasteiger partial charge in [0.2, 0.25) is 0 Å². The van der Waals surface area contributed by atoms with Gasteiger partial charge < -0.3 is 14.4 Å². The summed E-state index contributed by atoms with van der Waals surface area (Å²) < 4.78 is 21.9. The number of morpholine rings is 2. The lowest BCUT2D eigenvalue weighted by atomic mass is 10.3. The molecular formula is C17H33N4O2PS. The van der Waals surface area contributed by atoms with Crippen LogP contribution in [-0.2, 0) is 9.47 Å². The van der Waals surface area contributed by atoms with Gasteiger partial charge in [-0.15, -0.1) is 0 Å². The molecule has 25 heavy (non-hydrogen) atoms. The van der Waals surface area contributed by atoms with Gasteiger partial charge in [0.15, 0.2) is 5.11 Å². The molecule has 0 saturated carbocycles. The van der Waals surface area contributed by atoms with Crippen LogP contribution in [0.3, 0.4) is 0 Å². The van der Waals surface area contributed by atoms with E-state index in [1.54, 1.807) is 0 Å². The van der Waals surface area contributed by atoms with Crippen molar-refractivity contribution in [3.63, 3.8) is 0 Å². The Morgan fingerprint density at radius 3 is 1.68 bits per heavy atom. The third kappa shape index (κ3) is 4.12. The summed E-state index contributed by atoms with van der Waals surface area (Å²) in [7, 11) is -1.99. The quantitative estimate of drug-likeness (QED) is 0.535. The minimum atomic E-state index is -1.99. The summed E-state index contributed by atoms with van der Waals surface area (Å²) in [5, 5.41) is 0.851. The number of hydrogen-bond donors (Lipinski definition) is 0. The Bertz CT molecular complexity index is 497. The number of rotatable bonds is 2. The first kappa shape index (κ1) is 19.7. The molecule has 3 aliphatic heterocycles. The normalized spacial score (nSPS) is 24.5. The fourth-order valence-corrected chi connectivity index (χ4v) is 9.00. The van der Waals surface area contributed by atoms with Crippen molar-refractivity contribution in [1.29, 1.82) is 0 Å². The molecule has 0 bridgehead atoms. The molecule has 0 aromatic heterocycles. The highest BCUT2D eigenvalue weighted by atomic mass is 32.1. The molecule has 0 radical (unpaired) electrons. The van der Waals surface area contributed by atoms with Crippen LogP contribution in [0.25, 0.3) is 0 Å². The fraction of sp³-hybridized carbons (Fsp3) is 0.941. The summed E-state index contributed by atoms with van der Waals surface area (Å²) in [5.41, 5.74) is 0. The maximum absolute atomic E-state index is 5.84. The molecule has 6 nitrogen and oxygen atoms in total. The van der Waals surface area contributed by atoms with Gasteiger partial charge in [-0.25, -0.2) is 4.74 Å². The third-order valence-corrected chi connectivity index (χ3v) is 10.4. The molecule has 144 valence electrons. The maximum Gasteiger partial charge on any atom is 0.196 e. The third-order valence-electron chi connectivity index (χ3n) is 5.27. The van der Waals surface area contributed by atoms with E-state index >= 15 is 0 Å². The summed E-state index contributed by atoms with van der Waals surface area (Å²) in [5.74, 6) is 0. The smallest absolute Gasteiger partial charge is 0.196 e. The van der Waals surface area contributed by atoms with Crippen molar-refractivity contribution in [2.45, 2.75) is 38.8 Å². The monoisotopic (exact) mass is 388 g/mol. The average molecular weight is 389 g/mol. The van der Waals surface area contributed by atoms with E-state index in [9.17, 15) is 0 Å². The average Bonchev–Trinajstić information content (AvgIpc) is 3.15. The summed E-state index contributed by atoms with van der Waals surface area (Å²) in [6, 6.07) is 0. The molecule has 0 aliphatic carbocycles. The van der Waals surface area contributed by atoms with Gasteiger partial charge >= 0.3 is 0 Å². The Hall–Kier alpha value is -0.0400. The van der Waals surface area contributed by atoms with Crippen LogP contribution in [0.4, 0.5) is 0 Å². The lowest BCUT2D eigenvalue weighted by Gasteiger charge is -2.52. The standard InChI is InChI=1S/C17H33N4O2PS/c1-17(2,3)24(20-8-12-22-13-9-20,21-10-14-23-15-11-21)18-16(25)19-6-4-5-7-19/h4-15H2,1-3H3. The van der Waals surface area contributed by atoms with E-state index in [2.05, 4.69) is 35.0 Å². The second-order valence-corrected chi connectivity index (χ2v) is 12.1. The lowest BCUT2D eigenvalue weighted by Crippen LogP contribution is -2.48. The molecule has 3 saturated heterocycles. The second kappa shape index (κ2) is 8.32. The maximum atomic E-state index is 5.84. The van der Waals surface area contributed by atoms with Crippen molar-refractivity contribution in [1.82, 2.24) is 14.2 Å². The predicted molar refractivity (Wildman–Crippen MR) is 107 cm³/mol. The molecule has 3 rings (SSSR count). The predicted octanol–water partition coefficient (Wildman–Crippen LogP) is 2.86. The highest BCUT2D eigenvalue weighted by Gasteiger charge is 2.46. The van der Waals surface area contributed by atoms with Crippen LogP contribution in [0.15, 0.2) is 4.74 Å². The second-order valence-electron chi connectivity index (χ2n) is 7.95. The molecular weight excluding hydrogens is 355 g/mol. The van der Waals surface area contributed by atoms with Crippen molar-refractivity contribution >= 4 is 24.7 Å². The molecule has 0 atom stereocenters. The Balaban J connectivity index is 2.04. The molecule has 0 N–H and O–H groups in total. The number of hydrogen-bond acceptors (Lipinski definition) is 3. The van der Waals surface area contributed by atoms with Crippen molar-refractivity contribution in [2.24, 2.45) is 4.74 Å². The zero-order valence-electron chi connectivity index (χ0n) is 15.9. The van der Waals surface area contributed by atoms with Gasteiger partial charge in [-0.2, -0.15) is 0 Å². The number of ether oxygens (including phenoxy) is 2. The molecule has 3 fully saturated rings. The molecule has 0 aromatic carbocycles. The molecule has 3 aliphatic rings. The first-order valence-electron chi connectivity index (χ1n) is 9.53. The van der Waals surface area contributed by atoms with Gasteiger partial charge in [-0.1, -0.05) is 20.8 Å². The fourth-order valence-electron chi connectivity index (χ4n) is 4.06. The Morgan fingerprint density at radius 1 is 0.840 bits per heavy atom. The largest absolute Gasteiger partial charge is 0.379 e. The summed E-state index contributed by atoms with van der Waals surface area (Å²) in [6.07, 6.45) is 2.46. The van der Waals surface area contributed by atoms with Crippen LogP contribution in [0, 0.1) is 0 Å². The molecule has 0 unspecified atom stereocenters. The molecule has 8 heteroatoms. The Morgan fingerprint density at radius 2 is 1.28 bits per heavy atom. The van der Waals surface area contributed by atoms with Gasteiger partial charge in [-0.05, 0) is 25.1 Å². The van der Waals surface area contributed by atoms with E-state index < -0.39 is 7.36 Å². The molecule has 3 heterocycles. The van der Waals surface area contributed by atoms with Crippen molar-refractivity contribution in [3.05, 3.63) is 0 Å². The van der Waals surface area contributed by atoms with Crippen LogP contribution >= 0.6 is 19.6 Å². The van der Waals surface area contributed by atoms with Gasteiger partial charge in [0.1, 0.15) is 7.36 Å². The summed E-state index contributed by atoms with van der Waals surface area (Å²) >= 11 is 5.84. The van der Waals surface area contributed by atoms with Crippen molar-refractivity contribution in [3.8, 4) is 0 Å². The first-order valence-corrected chi connectivity index (χ1v) is 11.6. The van der Waals surface area contributed by atoms with E-state index in [0.29, 0.717) is 0 Å². The highest BCUT2D eigenvalue weighted by Crippen LogP contribution is 2.66. The van der Waals surface area contributed by atoms with Crippen LogP contribution < -0.4 is 0 Å². The summed E-state index contributed by atoms with van der Waals surface area (Å²) in [4.78, 5) is 2.30. The Labute approximate surface area is 158 Å². The minimum Gasteiger partial charge on any atom is -0.379 e. The van der Waals surface area contributed by atoms with Gasteiger partial charge in [0, 0.05) is 44.4 Å². The van der Waals surface area contributed by atoms with Crippen LogP contribution in [-0.4, -0.2) is 90.2 Å². The highest BCUT2D eigenvalue weighted by molar-refractivity contribution is 7.81. The van der Waals surface area contributed by atoms with Crippen LogP contribution in [0.5, 0.6) is 0 Å². The molecule has 0 aromatic rings. The minimum absolute atomic E-state index is 0.0332. The molecule has 0 spiro atoms. The Kier molecular flexibility index (Phi) is 6.56. The molecule has 0 amide bonds. The van der Waals surface area contributed by atoms with Crippen LogP contribution in [0.2, 0.25) is 0 Å². The van der Waals surface area contributed by atoms with Gasteiger partial charge in [-0.3, -0.25) is 9.34 Å². The zero-order valence-corrected chi connectivity index (χ0v) is 17.7. The van der Waals surface area contributed by atoms with Gasteiger partial charge in [0.25, 0.3) is 0 Å². The number of thiocarbonyl (C=S) groups is 1. The van der Waals surface area contributed by atoms with Crippen molar-refractivity contribution in [2.75, 3.05) is 65.7 Å². The van der Waals surface area contributed by atoms with Gasteiger partial charge in [0.05, 0.1) is 26.4 Å². The van der Waals surface area contributed by atoms with E-state index in [1.165, 1.54) is 12.8 Å². The van der Waals surface area contributed by atoms with Crippen molar-refractivity contribution < 1.29 is 9.47 Å². The lowest BCUT2D eigenvalue weighted by molar-refractivity contribution is 0.0550. The first-order chi connectivity index (χ1) is 11.9. The number of likely N-dealkylation sites (tertiary alicyclic amines) is 1. The van der Waals surface area contributed by atoms with E-state index in [-0.39, 0.29) is 5.16 Å². The summed E-state index contributed by atoms with van der Waals surface area (Å²) in [6.45, 7) is 16.0.